The molecule has 12 rings (SSSR count). The molecule has 2 heterocycles. The van der Waals surface area contributed by atoms with Gasteiger partial charge in [0.1, 0.15) is 0 Å². The predicted octanol–water partition coefficient (Wildman–Crippen LogP) is 15.5. The highest BCUT2D eigenvalue weighted by molar-refractivity contribution is 7.26. The fraction of sp³-hybridized carbons (Fsp3) is 0.0169. The van der Waals surface area contributed by atoms with Crippen molar-refractivity contribution in [1.29, 1.82) is 0 Å². The number of aromatic nitrogens is 2. The first-order chi connectivity index (χ1) is 30.8. The van der Waals surface area contributed by atoms with Crippen LogP contribution in [0.25, 0.3) is 87.5 Å². The number of benzene rings is 9. The lowest BCUT2D eigenvalue weighted by Gasteiger charge is -2.33. The van der Waals surface area contributed by atoms with Gasteiger partial charge < -0.3 is 0 Å². The Labute approximate surface area is 365 Å². The number of thiophene rings is 1. The summed E-state index contributed by atoms with van der Waals surface area (Å²) in [6.07, 6.45) is 0. The van der Waals surface area contributed by atoms with Crippen LogP contribution in [0.5, 0.6) is 0 Å². The Balaban J connectivity index is 1.16. The monoisotopic (exact) mass is 806 g/mol. The van der Waals surface area contributed by atoms with E-state index in [1.165, 1.54) is 59.1 Å². The fourth-order valence-electron chi connectivity index (χ4n) is 9.91. The van der Waals surface area contributed by atoms with Gasteiger partial charge in [0, 0.05) is 36.9 Å². The van der Waals surface area contributed by atoms with Crippen molar-refractivity contribution in [1.82, 2.24) is 9.97 Å². The molecule has 0 atom stereocenters. The smallest absolute Gasteiger partial charge is 0.161 e. The molecule has 1 aliphatic rings. The molecule has 0 fully saturated rings. The van der Waals surface area contributed by atoms with Gasteiger partial charge in [-0.3, -0.25) is 0 Å². The average molecular weight is 807 g/mol. The van der Waals surface area contributed by atoms with E-state index < -0.39 is 5.41 Å². The van der Waals surface area contributed by atoms with Crippen LogP contribution >= 0.6 is 11.3 Å². The summed E-state index contributed by atoms with van der Waals surface area (Å²) < 4.78 is 2.49. The lowest BCUT2D eigenvalue weighted by Crippen LogP contribution is -2.28. The Bertz CT molecular complexity index is 3410. The predicted molar refractivity (Wildman–Crippen MR) is 259 cm³/mol. The van der Waals surface area contributed by atoms with Crippen LogP contribution in [0.15, 0.2) is 231 Å². The highest BCUT2D eigenvalue weighted by Crippen LogP contribution is 2.58. The highest BCUT2D eigenvalue weighted by atomic mass is 32.1. The molecule has 0 saturated carbocycles. The Morgan fingerprint density at radius 2 is 0.887 bits per heavy atom. The quantitative estimate of drug-likeness (QED) is 0.160. The van der Waals surface area contributed by atoms with E-state index >= 15 is 0 Å². The van der Waals surface area contributed by atoms with Crippen molar-refractivity contribution in [3.05, 3.63) is 253 Å². The standard InChI is InChI=1S/C59H38N2S/c1-5-19-39(20-6-1)41-35-36-44(50(37-41)40-21-7-2-8-22-40)53-38-54(48-30-17-29-46-45-27-14-16-34-55(45)62-57(46)48)61-58(60-53)49-31-18-33-52-56(49)47-28-13-15-32-51(47)59(52,42-23-9-3-10-24-42)43-25-11-4-12-26-43/h1-38H. The summed E-state index contributed by atoms with van der Waals surface area (Å²) in [7, 11) is 0. The van der Waals surface area contributed by atoms with E-state index in [4.69, 9.17) is 9.97 Å². The molecule has 62 heavy (non-hydrogen) atoms. The summed E-state index contributed by atoms with van der Waals surface area (Å²) >= 11 is 1.83. The summed E-state index contributed by atoms with van der Waals surface area (Å²) in [5.41, 5.74) is 16.3. The summed E-state index contributed by atoms with van der Waals surface area (Å²) in [4.78, 5) is 11.3. The molecular weight excluding hydrogens is 769 g/mol. The van der Waals surface area contributed by atoms with Gasteiger partial charge in [0.25, 0.3) is 0 Å². The SMILES string of the molecule is c1ccc(-c2ccc(-c3cc(-c4cccc5c4sc4ccccc45)nc(-c4cccc5c4-c4ccccc4C5(c4ccccc4)c4ccccc4)n3)c(-c3ccccc3)c2)cc1. The van der Waals surface area contributed by atoms with E-state index in [2.05, 4.69) is 231 Å². The van der Waals surface area contributed by atoms with Gasteiger partial charge in [-0.1, -0.05) is 212 Å². The van der Waals surface area contributed by atoms with E-state index in [1.807, 2.05) is 11.3 Å². The average Bonchev–Trinajstić information content (AvgIpc) is 3.89. The molecule has 0 bridgehead atoms. The maximum absolute atomic E-state index is 5.65. The first-order valence-electron chi connectivity index (χ1n) is 21.2. The second-order valence-electron chi connectivity index (χ2n) is 16.0. The lowest BCUT2D eigenvalue weighted by molar-refractivity contribution is 0.768. The van der Waals surface area contributed by atoms with E-state index in [0.717, 1.165) is 44.8 Å². The van der Waals surface area contributed by atoms with Gasteiger partial charge in [-0.15, -0.1) is 11.3 Å². The Morgan fingerprint density at radius 3 is 1.63 bits per heavy atom. The van der Waals surface area contributed by atoms with E-state index in [0.29, 0.717) is 5.82 Å². The first-order valence-corrected chi connectivity index (χ1v) is 22.0. The van der Waals surface area contributed by atoms with Gasteiger partial charge in [0.15, 0.2) is 5.82 Å². The molecule has 11 aromatic rings. The molecule has 0 N–H and O–H groups in total. The van der Waals surface area contributed by atoms with E-state index in [1.54, 1.807) is 0 Å². The van der Waals surface area contributed by atoms with Crippen LogP contribution in [0.3, 0.4) is 0 Å². The van der Waals surface area contributed by atoms with E-state index in [-0.39, 0.29) is 0 Å². The van der Waals surface area contributed by atoms with Crippen molar-refractivity contribution >= 4 is 31.5 Å². The second-order valence-corrected chi connectivity index (χ2v) is 17.0. The van der Waals surface area contributed by atoms with Crippen molar-refractivity contribution in [3.8, 4) is 67.3 Å². The lowest BCUT2D eigenvalue weighted by atomic mass is 9.67. The maximum Gasteiger partial charge on any atom is 0.161 e. The van der Waals surface area contributed by atoms with Gasteiger partial charge in [-0.25, -0.2) is 9.97 Å². The van der Waals surface area contributed by atoms with Gasteiger partial charge in [0.2, 0.25) is 0 Å². The summed E-state index contributed by atoms with van der Waals surface area (Å²) in [5, 5.41) is 2.51. The van der Waals surface area contributed by atoms with E-state index in [9.17, 15) is 0 Å². The fourth-order valence-corrected chi connectivity index (χ4v) is 11.1. The van der Waals surface area contributed by atoms with Crippen LogP contribution in [-0.2, 0) is 5.41 Å². The molecule has 0 saturated heterocycles. The van der Waals surface area contributed by atoms with Gasteiger partial charge in [0.05, 0.1) is 16.8 Å². The Morgan fingerprint density at radius 1 is 0.339 bits per heavy atom. The van der Waals surface area contributed by atoms with Gasteiger partial charge in [-0.2, -0.15) is 0 Å². The number of hydrogen-bond acceptors (Lipinski definition) is 3. The number of fused-ring (bicyclic) bond motifs is 6. The Kier molecular flexibility index (Phi) is 8.62. The zero-order chi connectivity index (χ0) is 41.0. The molecule has 0 radical (unpaired) electrons. The van der Waals surface area contributed by atoms with Crippen molar-refractivity contribution in [2.45, 2.75) is 5.41 Å². The molecule has 0 spiro atoms. The third-order valence-corrected chi connectivity index (χ3v) is 13.8. The highest BCUT2D eigenvalue weighted by Gasteiger charge is 2.47. The summed E-state index contributed by atoms with van der Waals surface area (Å²) in [6.45, 7) is 0. The van der Waals surface area contributed by atoms with Crippen molar-refractivity contribution < 1.29 is 0 Å². The normalized spacial score (nSPS) is 12.6. The molecule has 3 heteroatoms. The van der Waals surface area contributed by atoms with Crippen molar-refractivity contribution in [3.63, 3.8) is 0 Å². The van der Waals surface area contributed by atoms with Gasteiger partial charge >= 0.3 is 0 Å². The van der Waals surface area contributed by atoms with Crippen LogP contribution in [0.2, 0.25) is 0 Å². The molecule has 2 aromatic heterocycles. The molecule has 290 valence electrons. The van der Waals surface area contributed by atoms with Gasteiger partial charge in [-0.05, 0) is 73.8 Å². The molecule has 0 amide bonds. The number of rotatable bonds is 7. The van der Waals surface area contributed by atoms with Crippen molar-refractivity contribution in [2.24, 2.45) is 0 Å². The third-order valence-electron chi connectivity index (χ3n) is 12.6. The van der Waals surface area contributed by atoms with Crippen LogP contribution in [0.4, 0.5) is 0 Å². The minimum Gasteiger partial charge on any atom is -0.228 e. The second kappa shape index (κ2) is 14.8. The zero-order valence-electron chi connectivity index (χ0n) is 33.7. The van der Waals surface area contributed by atoms with Crippen LogP contribution < -0.4 is 0 Å². The molecule has 2 nitrogen and oxygen atoms in total. The summed E-state index contributed by atoms with van der Waals surface area (Å²) in [5.74, 6) is 0.699. The minimum atomic E-state index is -0.540. The molecular formula is C59H38N2S. The maximum atomic E-state index is 5.65. The Hall–Kier alpha value is -7.72. The molecule has 9 aromatic carbocycles. The first kappa shape index (κ1) is 36.2. The minimum absolute atomic E-state index is 0.540. The van der Waals surface area contributed by atoms with Crippen LogP contribution in [0, 0.1) is 0 Å². The number of hydrogen-bond donors (Lipinski definition) is 0. The van der Waals surface area contributed by atoms with Crippen LogP contribution in [-0.4, -0.2) is 9.97 Å². The van der Waals surface area contributed by atoms with Crippen LogP contribution in [0.1, 0.15) is 22.3 Å². The molecule has 0 aliphatic heterocycles. The molecule has 0 unspecified atom stereocenters. The number of nitrogens with zero attached hydrogens (tertiary/aromatic N) is 2. The zero-order valence-corrected chi connectivity index (χ0v) is 34.6. The topological polar surface area (TPSA) is 25.8 Å². The largest absolute Gasteiger partial charge is 0.228 e. The molecule has 1 aliphatic carbocycles. The third kappa shape index (κ3) is 5.70. The summed E-state index contributed by atoms with van der Waals surface area (Å²) in [6, 6.07) is 83.3. The van der Waals surface area contributed by atoms with Crippen molar-refractivity contribution in [2.75, 3.05) is 0 Å².